The third kappa shape index (κ3) is 1.52. The van der Waals surface area contributed by atoms with Gasteiger partial charge in [0.2, 0.25) is 0 Å². The van der Waals surface area contributed by atoms with Crippen molar-refractivity contribution in [3.8, 4) is 5.75 Å². The first-order chi connectivity index (χ1) is 5.54. The van der Waals surface area contributed by atoms with Crippen LogP contribution in [0.2, 0.25) is 0 Å². The molecule has 0 bridgehead atoms. The maximum absolute atomic E-state index is 10.7. The van der Waals surface area contributed by atoms with Crippen molar-refractivity contribution < 1.29 is 9.90 Å². The number of aromatic hydroxyl groups is 1. The molecule has 0 atom stereocenters. The van der Waals surface area contributed by atoms with E-state index in [1.807, 2.05) is 0 Å². The minimum absolute atomic E-state index is 0.0191. The summed E-state index contributed by atoms with van der Waals surface area (Å²) in [6.07, 6.45) is 0. The van der Waals surface area contributed by atoms with Gasteiger partial charge >= 0.3 is 0 Å². The molecule has 0 aliphatic heterocycles. The fraction of sp³-hybridized carbons (Fsp3) is 0.125. The Labute approximate surface area is 83.7 Å². The predicted octanol–water partition coefficient (Wildman–Crippen LogP) is 1.40. The van der Waals surface area contributed by atoms with Crippen LogP contribution in [0, 0.1) is 10.5 Å². The van der Waals surface area contributed by atoms with Gasteiger partial charge in [-0.05, 0) is 41.6 Å². The number of primary amides is 1. The van der Waals surface area contributed by atoms with E-state index in [1.54, 1.807) is 13.0 Å². The maximum Gasteiger partial charge on any atom is 0.252 e. The Morgan fingerprint density at radius 1 is 1.58 bits per heavy atom. The molecule has 0 radical (unpaired) electrons. The van der Waals surface area contributed by atoms with Crippen LogP contribution in [0.4, 0.5) is 0 Å². The number of amides is 1. The molecule has 1 aromatic carbocycles. The fourth-order valence-electron chi connectivity index (χ4n) is 0.874. The highest BCUT2D eigenvalue weighted by Gasteiger charge is 2.10. The SMILES string of the molecule is Cc1c(I)ccc(C(N)=O)c1O. The Balaban J connectivity index is 3.36. The molecule has 0 spiro atoms. The molecule has 0 aliphatic rings. The predicted molar refractivity (Wildman–Crippen MR) is 54.1 cm³/mol. The summed E-state index contributed by atoms with van der Waals surface area (Å²) in [5.41, 5.74) is 5.89. The monoisotopic (exact) mass is 277 g/mol. The van der Waals surface area contributed by atoms with Crippen molar-refractivity contribution >= 4 is 28.5 Å². The standard InChI is InChI=1S/C8H8INO2/c1-4-6(9)3-2-5(7(4)11)8(10)12/h2-3,11H,1H3,(H2,10,12). The van der Waals surface area contributed by atoms with Gasteiger partial charge in [-0.25, -0.2) is 0 Å². The zero-order valence-corrected chi connectivity index (χ0v) is 8.62. The minimum Gasteiger partial charge on any atom is -0.507 e. The highest BCUT2D eigenvalue weighted by molar-refractivity contribution is 14.1. The average molecular weight is 277 g/mol. The van der Waals surface area contributed by atoms with Crippen LogP contribution in [-0.2, 0) is 0 Å². The zero-order chi connectivity index (χ0) is 9.30. The molecular weight excluding hydrogens is 269 g/mol. The Morgan fingerprint density at radius 2 is 2.17 bits per heavy atom. The van der Waals surface area contributed by atoms with Gasteiger partial charge in [0, 0.05) is 9.13 Å². The summed E-state index contributed by atoms with van der Waals surface area (Å²) in [5.74, 6) is -0.624. The first-order valence-corrected chi connectivity index (χ1v) is 4.39. The summed E-state index contributed by atoms with van der Waals surface area (Å²) in [6, 6.07) is 3.27. The van der Waals surface area contributed by atoms with E-state index >= 15 is 0 Å². The molecule has 0 unspecified atom stereocenters. The number of hydrogen-bond acceptors (Lipinski definition) is 2. The van der Waals surface area contributed by atoms with Crippen LogP contribution >= 0.6 is 22.6 Å². The summed E-state index contributed by atoms with van der Waals surface area (Å²) in [6.45, 7) is 1.74. The van der Waals surface area contributed by atoms with Crippen LogP contribution < -0.4 is 5.73 Å². The van der Waals surface area contributed by atoms with Gasteiger partial charge in [0.05, 0.1) is 5.56 Å². The maximum atomic E-state index is 10.7. The molecule has 4 heteroatoms. The van der Waals surface area contributed by atoms with Crippen LogP contribution in [0.25, 0.3) is 0 Å². The Morgan fingerprint density at radius 3 is 2.67 bits per heavy atom. The van der Waals surface area contributed by atoms with Crippen molar-refractivity contribution in [1.82, 2.24) is 0 Å². The van der Waals surface area contributed by atoms with Gasteiger partial charge in [0.15, 0.2) is 0 Å². The Bertz CT molecular complexity index is 336. The lowest BCUT2D eigenvalue weighted by molar-refractivity contribution is 0.0997. The second-order valence-electron chi connectivity index (χ2n) is 2.43. The highest BCUT2D eigenvalue weighted by atomic mass is 127. The minimum atomic E-state index is -0.605. The van der Waals surface area contributed by atoms with E-state index in [-0.39, 0.29) is 11.3 Å². The number of benzene rings is 1. The number of hydrogen-bond donors (Lipinski definition) is 2. The molecule has 0 aliphatic carbocycles. The first kappa shape index (κ1) is 9.31. The lowest BCUT2D eigenvalue weighted by Gasteiger charge is -2.04. The third-order valence-electron chi connectivity index (χ3n) is 1.63. The second kappa shape index (κ2) is 3.30. The van der Waals surface area contributed by atoms with Gasteiger partial charge in [-0.2, -0.15) is 0 Å². The van der Waals surface area contributed by atoms with E-state index in [0.717, 1.165) is 3.57 Å². The molecule has 1 rings (SSSR count). The van der Waals surface area contributed by atoms with Crippen molar-refractivity contribution in [3.63, 3.8) is 0 Å². The van der Waals surface area contributed by atoms with Crippen molar-refractivity contribution in [2.75, 3.05) is 0 Å². The largest absolute Gasteiger partial charge is 0.507 e. The van der Waals surface area contributed by atoms with Crippen molar-refractivity contribution in [1.29, 1.82) is 0 Å². The number of halogens is 1. The van der Waals surface area contributed by atoms with E-state index in [0.29, 0.717) is 5.56 Å². The topological polar surface area (TPSA) is 63.3 Å². The highest BCUT2D eigenvalue weighted by Crippen LogP contribution is 2.25. The van der Waals surface area contributed by atoms with Crippen LogP contribution in [0.5, 0.6) is 5.75 Å². The van der Waals surface area contributed by atoms with Gasteiger partial charge in [0.25, 0.3) is 5.91 Å². The van der Waals surface area contributed by atoms with Crippen molar-refractivity contribution in [2.45, 2.75) is 6.92 Å². The molecule has 3 N–H and O–H groups in total. The lowest BCUT2D eigenvalue weighted by Crippen LogP contribution is -2.11. The molecule has 0 saturated heterocycles. The fourth-order valence-corrected chi connectivity index (χ4v) is 1.31. The van der Waals surface area contributed by atoms with E-state index in [4.69, 9.17) is 5.73 Å². The summed E-state index contributed by atoms with van der Waals surface area (Å²) in [5, 5.41) is 9.44. The molecule has 3 nitrogen and oxygen atoms in total. The first-order valence-electron chi connectivity index (χ1n) is 3.32. The molecule has 64 valence electrons. The van der Waals surface area contributed by atoms with Crippen LogP contribution in [0.15, 0.2) is 12.1 Å². The van der Waals surface area contributed by atoms with Crippen LogP contribution in [0.1, 0.15) is 15.9 Å². The van der Waals surface area contributed by atoms with Crippen molar-refractivity contribution in [3.05, 3.63) is 26.8 Å². The summed E-state index contributed by atoms with van der Waals surface area (Å²) >= 11 is 2.08. The summed E-state index contributed by atoms with van der Waals surface area (Å²) < 4.78 is 0.912. The third-order valence-corrected chi connectivity index (χ3v) is 2.80. The molecular formula is C8H8INO2. The summed E-state index contributed by atoms with van der Waals surface area (Å²) in [7, 11) is 0. The zero-order valence-electron chi connectivity index (χ0n) is 6.47. The molecule has 1 aromatic rings. The van der Waals surface area contributed by atoms with Crippen LogP contribution in [0.3, 0.4) is 0 Å². The van der Waals surface area contributed by atoms with Gasteiger partial charge in [-0.15, -0.1) is 0 Å². The van der Waals surface area contributed by atoms with E-state index in [2.05, 4.69) is 22.6 Å². The molecule has 0 aromatic heterocycles. The molecule has 0 saturated carbocycles. The van der Waals surface area contributed by atoms with Gasteiger partial charge < -0.3 is 10.8 Å². The number of carbonyl (C=O) groups is 1. The molecule has 0 heterocycles. The Kier molecular flexibility index (Phi) is 2.56. The van der Waals surface area contributed by atoms with E-state index < -0.39 is 5.91 Å². The number of carbonyl (C=O) groups excluding carboxylic acids is 1. The number of rotatable bonds is 1. The summed E-state index contributed by atoms with van der Waals surface area (Å²) in [4.78, 5) is 10.7. The average Bonchev–Trinajstić information content (AvgIpc) is 2.00. The van der Waals surface area contributed by atoms with Crippen LogP contribution in [-0.4, -0.2) is 11.0 Å². The molecule has 1 amide bonds. The van der Waals surface area contributed by atoms with Gasteiger partial charge in [0.1, 0.15) is 5.75 Å². The number of nitrogens with two attached hydrogens (primary N) is 1. The lowest BCUT2D eigenvalue weighted by atomic mass is 10.1. The number of phenols is 1. The van der Waals surface area contributed by atoms with Gasteiger partial charge in [-0.1, -0.05) is 0 Å². The van der Waals surface area contributed by atoms with E-state index in [9.17, 15) is 9.90 Å². The molecule has 0 fully saturated rings. The normalized spacial score (nSPS) is 9.83. The second-order valence-corrected chi connectivity index (χ2v) is 3.59. The Hall–Kier alpha value is -0.780. The van der Waals surface area contributed by atoms with Gasteiger partial charge in [-0.3, -0.25) is 4.79 Å². The quantitative estimate of drug-likeness (QED) is 0.762. The van der Waals surface area contributed by atoms with E-state index in [1.165, 1.54) is 6.07 Å². The smallest absolute Gasteiger partial charge is 0.252 e. The molecule has 12 heavy (non-hydrogen) atoms. The van der Waals surface area contributed by atoms with Crippen molar-refractivity contribution in [2.24, 2.45) is 5.73 Å².